The maximum atomic E-state index is 12.5. The lowest BCUT2D eigenvalue weighted by molar-refractivity contribution is 0.0941. The summed E-state index contributed by atoms with van der Waals surface area (Å²) in [6.45, 7) is 0.500. The van der Waals surface area contributed by atoms with E-state index in [1.165, 1.54) is 4.88 Å². The van der Waals surface area contributed by atoms with Gasteiger partial charge in [-0.15, -0.1) is 11.3 Å². The molecule has 0 spiro atoms. The smallest absolute Gasteiger partial charge is 0.255 e. The molecule has 3 rings (SSSR count). The number of benzene rings is 2. The van der Waals surface area contributed by atoms with Gasteiger partial charge < -0.3 is 15.5 Å². The first-order valence-electron chi connectivity index (χ1n) is 9.19. The molecule has 156 valence electrons. The Kier molecular flexibility index (Phi) is 7.50. The zero-order valence-electron chi connectivity index (χ0n) is 16.5. The fourth-order valence-corrected chi connectivity index (χ4v) is 4.35. The lowest BCUT2D eigenvalue weighted by Gasteiger charge is -2.23. The van der Waals surface area contributed by atoms with Crippen molar-refractivity contribution in [3.63, 3.8) is 0 Å². The molecule has 0 aliphatic carbocycles. The van der Waals surface area contributed by atoms with Crippen molar-refractivity contribution in [1.82, 2.24) is 10.2 Å². The van der Waals surface area contributed by atoms with Crippen LogP contribution in [-0.2, 0) is 0 Å². The van der Waals surface area contributed by atoms with Gasteiger partial charge in [-0.05, 0) is 68.0 Å². The molecular formula is C22H21Cl2N3O2S. The number of hydrogen-bond donors (Lipinski definition) is 2. The maximum absolute atomic E-state index is 12.5. The number of carbonyl (C=O) groups excluding carboxylic acids is 2. The Morgan fingerprint density at radius 3 is 2.20 bits per heavy atom. The summed E-state index contributed by atoms with van der Waals surface area (Å²) in [7, 11) is 3.97. The number of amides is 2. The minimum Gasteiger partial charge on any atom is -0.350 e. The monoisotopic (exact) mass is 461 g/mol. The SMILES string of the molecule is CN(C)C(CNC(=O)c1ccc(NC(=O)c2cc(Cl)cc(Cl)c2)cc1)c1cccs1. The molecule has 1 unspecified atom stereocenters. The fourth-order valence-electron chi connectivity index (χ4n) is 2.90. The van der Waals surface area contributed by atoms with Crippen LogP contribution in [0, 0.1) is 0 Å². The topological polar surface area (TPSA) is 61.4 Å². The van der Waals surface area contributed by atoms with Crippen LogP contribution < -0.4 is 10.6 Å². The van der Waals surface area contributed by atoms with Crippen molar-refractivity contribution in [2.45, 2.75) is 6.04 Å². The van der Waals surface area contributed by atoms with Gasteiger partial charge in [-0.3, -0.25) is 9.59 Å². The Morgan fingerprint density at radius 2 is 1.63 bits per heavy atom. The number of halogens is 2. The van der Waals surface area contributed by atoms with Crippen molar-refractivity contribution >= 4 is 52.0 Å². The molecule has 0 aliphatic heterocycles. The normalized spacial score (nSPS) is 11.9. The maximum Gasteiger partial charge on any atom is 0.255 e. The van der Waals surface area contributed by atoms with Gasteiger partial charge in [0.1, 0.15) is 0 Å². The van der Waals surface area contributed by atoms with Crippen molar-refractivity contribution in [2.75, 3.05) is 26.0 Å². The van der Waals surface area contributed by atoms with Crippen LogP contribution in [0.3, 0.4) is 0 Å². The summed E-state index contributed by atoms with van der Waals surface area (Å²) in [5, 5.41) is 8.55. The Bertz CT molecular complexity index is 1000. The molecule has 0 saturated heterocycles. The molecule has 0 aliphatic rings. The van der Waals surface area contributed by atoms with E-state index in [0.29, 0.717) is 33.4 Å². The molecule has 8 heteroatoms. The highest BCUT2D eigenvalue weighted by molar-refractivity contribution is 7.10. The van der Waals surface area contributed by atoms with Crippen molar-refractivity contribution in [3.8, 4) is 0 Å². The molecule has 1 atom stereocenters. The number of likely N-dealkylation sites (N-methyl/N-ethyl adjacent to an activating group) is 1. The van der Waals surface area contributed by atoms with E-state index in [0.717, 1.165) is 0 Å². The van der Waals surface area contributed by atoms with E-state index in [2.05, 4.69) is 21.6 Å². The molecule has 3 aromatic rings. The third kappa shape index (κ3) is 5.83. The molecule has 0 fully saturated rings. The van der Waals surface area contributed by atoms with Gasteiger partial charge in [0.05, 0.1) is 6.04 Å². The van der Waals surface area contributed by atoms with Gasteiger partial charge in [0.25, 0.3) is 11.8 Å². The largest absolute Gasteiger partial charge is 0.350 e. The van der Waals surface area contributed by atoms with Crippen LogP contribution in [0.2, 0.25) is 10.0 Å². The summed E-state index contributed by atoms with van der Waals surface area (Å²) in [5.41, 5.74) is 1.44. The molecule has 2 amide bonds. The summed E-state index contributed by atoms with van der Waals surface area (Å²) in [6.07, 6.45) is 0. The summed E-state index contributed by atoms with van der Waals surface area (Å²) < 4.78 is 0. The van der Waals surface area contributed by atoms with Crippen LogP contribution in [0.4, 0.5) is 5.69 Å². The second kappa shape index (κ2) is 10.1. The second-order valence-corrected chi connectivity index (χ2v) is 8.75. The number of hydrogen-bond acceptors (Lipinski definition) is 4. The average molecular weight is 462 g/mol. The first kappa shape index (κ1) is 22.3. The fraction of sp³-hybridized carbons (Fsp3) is 0.182. The van der Waals surface area contributed by atoms with E-state index in [-0.39, 0.29) is 17.9 Å². The van der Waals surface area contributed by atoms with Crippen LogP contribution in [-0.4, -0.2) is 37.4 Å². The number of nitrogens with one attached hydrogen (secondary N) is 2. The van der Waals surface area contributed by atoms with Crippen molar-refractivity contribution in [2.24, 2.45) is 0 Å². The number of carbonyl (C=O) groups is 2. The Balaban J connectivity index is 1.60. The molecule has 30 heavy (non-hydrogen) atoms. The van der Waals surface area contributed by atoms with Crippen LogP contribution in [0.25, 0.3) is 0 Å². The Hall–Kier alpha value is -2.38. The minimum atomic E-state index is -0.332. The highest BCUT2D eigenvalue weighted by Gasteiger charge is 2.17. The quantitative estimate of drug-likeness (QED) is 0.498. The third-order valence-corrected chi connectivity index (χ3v) is 5.89. The van der Waals surface area contributed by atoms with Crippen molar-refractivity contribution < 1.29 is 9.59 Å². The lowest BCUT2D eigenvalue weighted by Crippen LogP contribution is -2.34. The van der Waals surface area contributed by atoms with E-state index < -0.39 is 0 Å². The standard InChI is InChI=1S/C22H21Cl2N3O2S/c1-27(2)19(20-4-3-9-30-20)13-25-21(28)14-5-7-18(8-6-14)26-22(29)15-10-16(23)12-17(24)11-15/h3-12,19H,13H2,1-2H3,(H,25,28)(H,26,29). The molecule has 0 bridgehead atoms. The second-order valence-electron chi connectivity index (χ2n) is 6.89. The van der Waals surface area contributed by atoms with Crippen molar-refractivity contribution in [1.29, 1.82) is 0 Å². The van der Waals surface area contributed by atoms with Gasteiger partial charge >= 0.3 is 0 Å². The molecule has 2 aromatic carbocycles. The molecule has 0 radical (unpaired) electrons. The lowest BCUT2D eigenvalue weighted by atomic mass is 10.1. The van der Waals surface area contributed by atoms with Gasteiger partial charge in [-0.25, -0.2) is 0 Å². The average Bonchev–Trinajstić information content (AvgIpc) is 3.22. The predicted octanol–water partition coefficient (Wildman–Crippen LogP) is 5.34. The van der Waals surface area contributed by atoms with Gasteiger partial charge in [0.15, 0.2) is 0 Å². The Morgan fingerprint density at radius 1 is 0.967 bits per heavy atom. The van der Waals surface area contributed by atoms with Gasteiger partial charge in [0, 0.05) is 38.3 Å². The molecule has 5 nitrogen and oxygen atoms in total. The highest BCUT2D eigenvalue weighted by atomic mass is 35.5. The van der Waals surface area contributed by atoms with Crippen LogP contribution in [0.15, 0.2) is 60.0 Å². The van der Waals surface area contributed by atoms with E-state index >= 15 is 0 Å². The molecular weight excluding hydrogens is 441 g/mol. The van der Waals surface area contributed by atoms with Crippen LogP contribution in [0.1, 0.15) is 31.6 Å². The molecule has 1 aromatic heterocycles. The summed E-state index contributed by atoms with van der Waals surface area (Å²) >= 11 is 13.6. The summed E-state index contributed by atoms with van der Waals surface area (Å²) in [5.74, 6) is -0.501. The first-order chi connectivity index (χ1) is 14.3. The predicted molar refractivity (Wildman–Crippen MR) is 124 cm³/mol. The first-order valence-corrected chi connectivity index (χ1v) is 10.8. The summed E-state index contributed by atoms with van der Waals surface area (Å²) in [4.78, 5) is 28.2. The number of anilines is 1. The van der Waals surface area contributed by atoms with Gasteiger partial charge in [-0.2, -0.15) is 0 Å². The molecule has 2 N–H and O–H groups in total. The number of rotatable bonds is 7. The number of thiophene rings is 1. The van der Waals surface area contributed by atoms with Gasteiger partial charge in [0.2, 0.25) is 0 Å². The van der Waals surface area contributed by atoms with Crippen LogP contribution >= 0.6 is 34.5 Å². The minimum absolute atomic E-state index is 0.108. The molecule has 0 saturated carbocycles. The van der Waals surface area contributed by atoms with Crippen LogP contribution in [0.5, 0.6) is 0 Å². The van der Waals surface area contributed by atoms with E-state index in [9.17, 15) is 9.59 Å². The van der Waals surface area contributed by atoms with Crippen molar-refractivity contribution in [3.05, 3.63) is 86.0 Å². The molecule has 1 heterocycles. The van der Waals surface area contributed by atoms with E-state index in [4.69, 9.17) is 23.2 Å². The highest BCUT2D eigenvalue weighted by Crippen LogP contribution is 2.23. The van der Waals surface area contributed by atoms with E-state index in [1.807, 2.05) is 25.5 Å². The van der Waals surface area contributed by atoms with E-state index in [1.54, 1.807) is 53.8 Å². The zero-order chi connectivity index (χ0) is 21.7. The Labute approximate surface area is 189 Å². The summed E-state index contributed by atoms with van der Waals surface area (Å²) in [6, 6.07) is 15.5. The third-order valence-electron chi connectivity index (χ3n) is 4.48. The number of nitrogens with zero attached hydrogens (tertiary/aromatic N) is 1. The van der Waals surface area contributed by atoms with Gasteiger partial charge in [-0.1, -0.05) is 29.3 Å². The zero-order valence-corrected chi connectivity index (χ0v) is 18.8.